The second-order valence-corrected chi connectivity index (χ2v) is 3.49. The zero-order chi connectivity index (χ0) is 9.59. The predicted octanol–water partition coefficient (Wildman–Crippen LogP) is 2.31. The quantitative estimate of drug-likeness (QED) is 0.646. The van der Waals surface area contributed by atoms with E-state index >= 15 is 0 Å². The van der Waals surface area contributed by atoms with Gasteiger partial charge in [0, 0.05) is 6.20 Å². The summed E-state index contributed by atoms with van der Waals surface area (Å²) >= 11 is 6.01. The first-order chi connectivity index (χ1) is 6.09. The molecule has 0 spiro atoms. The SMILES string of the molecule is Cc1cn2c(C)nc(C)c2c(Cl)n1. The van der Waals surface area contributed by atoms with Gasteiger partial charge in [-0.05, 0) is 20.8 Å². The van der Waals surface area contributed by atoms with Crippen LogP contribution in [-0.4, -0.2) is 14.4 Å². The Morgan fingerprint density at radius 1 is 1.23 bits per heavy atom. The number of hydrogen-bond donors (Lipinski definition) is 0. The number of imidazole rings is 1. The fraction of sp³-hybridized carbons (Fsp3) is 0.333. The van der Waals surface area contributed by atoms with Crippen molar-refractivity contribution < 1.29 is 0 Å². The van der Waals surface area contributed by atoms with Gasteiger partial charge in [-0.15, -0.1) is 0 Å². The van der Waals surface area contributed by atoms with Crippen LogP contribution in [0.3, 0.4) is 0 Å². The minimum atomic E-state index is 0.526. The maximum absolute atomic E-state index is 6.01. The number of nitrogens with zero attached hydrogens (tertiary/aromatic N) is 3. The number of halogens is 1. The van der Waals surface area contributed by atoms with E-state index in [2.05, 4.69) is 9.97 Å². The molecule has 0 fully saturated rings. The highest BCUT2D eigenvalue weighted by atomic mass is 35.5. The first-order valence-corrected chi connectivity index (χ1v) is 4.46. The maximum Gasteiger partial charge on any atom is 0.155 e. The van der Waals surface area contributed by atoms with Crippen molar-refractivity contribution in [3.8, 4) is 0 Å². The average Bonchev–Trinajstić information content (AvgIpc) is 2.27. The van der Waals surface area contributed by atoms with Gasteiger partial charge in [0.25, 0.3) is 0 Å². The number of fused-ring (bicyclic) bond motifs is 1. The van der Waals surface area contributed by atoms with E-state index in [1.54, 1.807) is 0 Å². The first-order valence-electron chi connectivity index (χ1n) is 4.08. The van der Waals surface area contributed by atoms with Crippen LogP contribution in [0.4, 0.5) is 0 Å². The van der Waals surface area contributed by atoms with Gasteiger partial charge < -0.3 is 0 Å². The molecule has 0 aliphatic rings. The molecule has 4 heteroatoms. The average molecular weight is 196 g/mol. The molecule has 0 radical (unpaired) electrons. The van der Waals surface area contributed by atoms with Crippen molar-refractivity contribution in [2.75, 3.05) is 0 Å². The molecule has 68 valence electrons. The molecule has 2 rings (SSSR count). The Morgan fingerprint density at radius 3 is 2.62 bits per heavy atom. The van der Waals surface area contributed by atoms with Gasteiger partial charge in [-0.25, -0.2) is 9.97 Å². The largest absolute Gasteiger partial charge is 0.299 e. The molecule has 0 saturated carbocycles. The van der Waals surface area contributed by atoms with Crippen molar-refractivity contribution in [1.82, 2.24) is 14.4 Å². The Morgan fingerprint density at radius 2 is 1.92 bits per heavy atom. The van der Waals surface area contributed by atoms with Crippen molar-refractivity contribution >= 4 is 17.1 Å². The number of rotatable bonds is 0. The van der Waals surface area contributed by atoms with E-state index in [0.717, 1.165) is 22.7 Å². The van der Waals surface area contributed by atoms with Crippen LogP contribution in [0.1, 0.15) is 17.2 Å². The third-order valence-corrected chi connectivity index (χ3v) is 2.31. The minimum Gasteiger partial charge on any atom is -0.299 e. The van der Waals surface area contributed by atoms with Gasteiger partial charge >= 0.3 is 0 Å². The predicted molar refractivity (Wildman–Crippen MR) is 52.2 cm³/mol. The summed E-state index contributed by atoms with van der Waals surface area (Å²) in [6, 6.07) is 0. The standard InChI is InChI=1S/C9H10ClN3/c1-5-4-13-7(3)12-6(2)8(13)9(10)11-5/h4H,1-3H3. The van der Waals surface area contributed by atoms with Crippen LogP contribution in [0.2, 0.25) is 5.15 Å². The Bertz CT molecular complexity index is 473. The third kappa shape index (κ3) is 1.20. The van der Waals surface area contributed by atoms with Crippen LogP contribution < -0.4 is 0 Å². The van der Waals surface area contributed by atoms with Crippen LogP contribution in [0.5, 0.6) is 0 Å². The summed E-state index contributed by atoms with van der Waals surface area (Å²) in [7, 11) is 0. The number of aromatic nitrogens is 3. The van der Waals surface area contributed by atoms with E-state index in [0.29, 0.717) is 5.15 Å². The zero-order valence-corrected chi connectivity index (χ0v) is 8.55. The van der Waals surface area contributed by atoms with E-state index in [-0.39, 0.29) is 0 Å². The molecule has 0 aromatic carbocycles. The van der Waals surface area contributed by atoms with E-state index < -0.39 is 0 Å². The van der Waals surface area contributed by atoms with Gasteiger partial charge in [-0.3, -0.25) is 4.40 Å². The summed E-state index contributed by atoms with van der Waals surface area (Å²) in [6.45, 7) is 5.81. The van der Waals surface area contributed by atoms with E-state index in [9.17, 15) is 0 Å². The Labute approximate surface area is 81.4 Å². The van der Waals surface area contributed by atoms with Gasteiger partial charge in [-0.2, -0.15) is 0 Å². The van der Waals surface area contributed by atoms with Crippen LogP contribution in [0.25, 0.3) is 5.52 Å². The lowest BCUT2D eigenvalue weighted by Gasteiger charge is -2.00. The van der Waals surface area contributed by atoms with Crippen molar-refractivity contribution in [2.45, 2.75) is 20.8 Å². The molecule has 0 bridgehead atoms. The fourth-order valence-electron chi connectivity index (χ4n) is 1.52. The zero-order valence-electron chi connectivity index (χ0n) is 7.80. The number of aryl methyl sites for hydroxylation is 3. The molecule has 2 aromatic rings. The highest BCUT2D eigenvalue weighted by Gasteiger charge is 2.09. The highest BCUT2D eigenvalue weighted by molar-refractivity contribution is 6.32. The monoisotopic (exact) mass is 195 g/mol. The van der Waals surface area contributed by atoms with E-state index in [4.69, 9.17) is 11.6 Å². The van der Waals surface area contributed by atoms with Gasteiger partial charge in [-0.1, -0.05) is 11.6 Å². The fourth-order valence-corrected chi connectivity index (χ4v) is 1.88. The first kappa shape index (κ1) is 8.51. The maximum atomic E-state index is 6.01. The van der Waals surface area contributed by atoms with E-state index in [1.165, 1.54) is 0 Å². The molecular formula is C9H10ClN3. The number of hydrogen-bond acceptors (Lipinski definition) is 2. The molecule has 0 aliphatic heterocycles. The van der Waals surface area contributed by atoms with Crippen LogP contribution in [0, 0.1) is 20.8 Å². The molecule has 2 aromatic heterocycles. The molecular weight excluding hydrogens is 186 g/mol. The molecule has 0 aliphatic carbocycles. The highest BCUT2D eigenvalue weighted by Crippen LogP contribution is 2.20. The van der Waals surface area contributed by atoms with Gasteiger partial charge in [0.05, 0.1) is 11.4 Å². The lowest BCUT2D eigenvalue weighted by Crippen LogP contribution is -1.93. The molecule has 2 heterocycles. The Hall–Kier alpha value is -1.09. The summed E-state index contributed by atoms with van der Waals surface area (Å²) in [5.41, 5.74) is 2.73. The van der Waals surface area contributed by atoms with Crippen molar-refractivity contribution in [3.05, 3.63) is 28.6 Å². The topological polar surface area (TPSA) is 30.2 Å². The smallest absolute Gasteiger partial charge is 0.155 e. The second kappa shape index (κ2) is 2.70. The molecule has 0 amide bonds. The molecule has 13 heavy (non-hydrogen) atoms. The summed E-state index contributed by atoms with van der Waals surface area (Å²) in [5.74, 6) is 0.944. The Balaban J connectivity index is 2.97. The van der Waals surface area contributed by atoms with Gasteiger partial charge in [0.1, 0.15) is 11.3 Å². The third-order valence-electron chi connectivity index (χ3n) is 2.05. The van der Waals surface area contributed by atoms with Crippen LogP contribution >= 0.6 is 11.6 Å². The molecule has 0 atom stereocenters. The normalized spacial score (nSPS) is 11.1. The van der Waals surface area contributed by atoms with Crippen molar-refractivity contribution in [3.63, 3.8) is 0 Å². The van der Waals surface area contributed by atoms with E-state index in [1.807, 2.05) is 31.4 Å². The lowest BCUT2D eigenvalue weighted by molar-refractivity contribution is 1.00. The van der Waals surface area contributed by atoms with Gasteiger partial charge in [0.2, 0.25) is 0 Å². The van der Waals surface area contributed by atoms with Crippen molar-refractivity contribution in [1.29, 1.82) is 0 Å². The molecule has 0 N–H and O–H groups in total. The summed E-state index contributed by atoms with van der Waals surface area (Å²) in [6.07, 6.45) is 1.94. The minimum absolute atomic E-state index is 0.526. The van der Waals surface area contributed by atoms with Crippen molar-refractivity contribution in [2.24, 2.45) is 0 Å². The van der Waals surface area contributed by atoms with Gasteiger partial charge in [0.15, 0.2) is 5.15 Å². The molecule has 0 saturated heterocycles. The Kier molecular flexibility index (Phi) is 1.77. The second-order valence-electron chi connectivity index (χ2n) is 3.14. The van der Waals surface area contributed by atoms with Crippen LogP contribution in [-0.2, 0) is 0 Å². The summed E-state index contributed by atoms with van der Waals surface area (Å²) in [4.78, 5) is 8.51. The summed E-state index contributed by atoms with van der Waals surface area (Å²) in [5, 5.41) is 0.526. The molecule has 3 nitrogen and oxygen atoms in total. The lowest BCUT2D eigenvalue weighted by atomic mass is 10.4. The molecule has 0 unspecified atom stereocenters. The van der Waals surface area contributed by atoms with Crippen LogP contribution in [0.15, 0.2) is 6.20 Å². The summed E-state index contributed by atoms with van der Waals surface area (Å²) < 4.78 is 1.97.